The molecule has 29 heavy (non-hydrogen) atoms. The summed E-state index contributed by atoms with van der Waals surface area (Å²) in [4.78, 5) is 11.7. The minimum Gasteiger partial charge on any atom is -0.449 e. The molecule has 7 nitrogen and oxygen atoms in total. The fourth-order valence-electron chi connectivity index (χ4n) is 2.75. The van der Waals surface area contributed by atoms with Crippen LogP contribution in [0.2, 0.25) is 0 Å². The molecule has 0 aliphatic heterocycles. The van der Waals surface area contributed by atoms with Gasteiger partial charge in [0.15, 0.2) is 0 Å². The summed E-state index contributed by atoms with van der Waals surface area (Å²) in [5.74, 6) is 0. The van der Waals surface area contributed by atoms with Gasteiger partial charge in [-0.15, -0.1) is 0 Å². The Labute approximate surface area is 171 Å². The van der Waals surface area contributed by atoms with Gasteiger partial charge in [0.2, 0.25) is 5.06 Å². The number of thiophene rings is 1. The Bertz CT molecular complexity index is 1220. The molecule has 2 N–H and O–H groups in total. The molecule has 148 valence electrons. The molecule has 0 spiro atoms. The first-order chi connectivity index (χ1) is 13.7. The quantitative estimate of drug-likeness (QED) is 0.566. The lowest BCUT2D eigenvalue weighted by molar-refractivity contribution is 0.146. The second-order valence-electron chi connectivity index (χ2n) is 6.24. The molecule has 0 saturated carbocycles. The highest BCUT2D eigenvalue weighted by atomic mass is 32.2. The number of benzene rings is 2. The molecule has 0 unspecified atom stereocenters. The summed E-state index contributed by atoms with van der Waals surface area (Å²) in [5.41, 5.74) is 2.69. The third kappa shape index (κ3) is 4.56. The van der Waals surface area contributed by atoms with E-state index in [0.29, 0.717) is 21.6 Å². The van der Waals surface area contributed by atoms with E-state index in [2.05, 4.69) is 4.72 Å². The minimum atomic E-state index is -3.96. The number of hydrogen-bond acceptors (Lipinski definition) is 6. The number of nitrogens with one attached hydrogen (secondary N) is 1. The van der Waals surface area contributed by atoms with Crippen LogP contribution in [0, 0.1) is 25.2 Å². The van der Waals surface area contributed by atoms with Crippen molar-refractivity contribution in [1.29, 1.82) is 5.26 Å². The fraction of sp³-hybridized carbons (Fsp3) is 0.100. The summed E-state index contributed by atoms with van der Waals surface area (Å²) >= 11 is 0.984. The largest absolute Gasteiger partial charge is 0.512 e. The summed E-state index contributed by atoms with van der Waals surface area (Å²) in [7, 11) is -3.96. The molecule has 0 aliphatic carbocycles. The highest BCUT2D eigenvalue weighted by Crippen LogP contribution is 2.42. The van der Waals surface area contributed by atoms with Gasteiger partial charge in [0, 0.05) is 4.88 Å². The molecular formula is C20H16N2O5S2. The van der Waals surface area contributed by atoms with E-state index in [9.17, 15) is 13.2 Å². The van der Waals surface area contributed by atoms with E-state index in [1.165, 1.54) is 12.1 Å². The zero-order valence-corrected chi connectivity index (χ0v) is 17.1. The topological polar surface area (TPSA) is 116 Å². The van der Waals surface area contributed by atoms with Gasteiger partial charge in [0.25, 0.3) is 10.0 Å². The zero-order chi connectivity index (χ0) is 21.2. The van der Waals surface area contributed by atoms with Crippen molar-refractivity contribution in [1.82, 2.24) is 0 Å². The number of anilines is 1. The van der Waals surface area contributed by atoms with Gasteiger partial charge in [-0.05, 0) is 49.2 Å². The van der Waals surface area contributed by atoms with Crippen LogP contribution >= 0.6 is 11.3 Å². The second-order valence-corrected chi connectivity index (χ2v) is 8.91. The van der Waals surface area contributed by atoms with Crippen molar-refractivity contribution >= 4 is 33.2 Å². The van der Waals surface area contributed by atoms with E-state index < -0.39 is 16.2 Å². The number of nitrogens with zero attached hydrogens (tertiary/aromatic N) is 1. The average Bonchev–Trinajstić information content (AvgIpc) is 3.02. The van der Waals surface area contributed by atoms with E-state index in [4.69, 9.17) is 15.1 Å². The molecule has 0 aliphatic rings. The Morgan fingerprint density at radius 2 is 1.83 bits per heavy atom. The first-order valence-electron chi connectivity index (χ1n) is 8.35. The predicted octanol–water partition coefficient (Wildman–Crippen LogP) is 4.76. The average molecular weight is 428 g/mol. The van der Waals surface area contributed by atoms with Crippen LogP contribution in [-0.2, 0) is 10.0 Å². The highest BCUT2D eigenvalue weighted by Gasteiger charge is 2.22. The third-order valence-corrected chi connectivity index (χ3v) is 6.63. The number of nitriles is 1. The van der Waals surface area contributed by atoms with Crippen LogP contribution in [0.4, 0.5) is 10.5 Å². The number of carbonyl (C=O) groups is 1. The molecule has 3 aromatic rings. The van der Waals surface area contributed by atoms with Gasteiger partial charge in [-0.2, -0.15) is 5.26 Å². The van der Waals surface area contributed by atoms with Crippen molar-refractivity contribution in [2.24, 2.45) is 0 Å². The Balaban J connectivity index is 2.01. The lowest BCUT2D eigenvalue weighted by Gasteiger charge is -2.10. The van der Waals surface area contributed by atoms with Gasteiger partial charge in [0.1, 0.15) is 5.69 Å². The van der Waals surface area contributed by atoms with Gasteiger partial charge in [0.05, 0.1) is 16.5 Å². The van der Waals surface area contributed by atoms with Crippen molar-refractivity contribution in [3.63, 3.8) is 0 Å². The van der Waals surface area contributed by atoms with Gasteiger partial charge in [-0.1, -0.05) is 41.2 Å². The molecule has 1 heterocycles. The Kier molecular flexibility index (Phi) is 5.59. The van der Waals surface area contributed by atoms with Crippen LogP contribution in [0.25, 0.3) is 10.4 Å². The number of ether oxygens (including phenoxy) is 1. The zero-order valence-electron chi connectivity index (χ0n) is 15.5. The fourth-order valence-corrected chi connectivity index (χ4v) is 5.06. The molecule has 9 heteroatoms. The summed E-state index contributed by atoms with van der Waals surface area (Å²) in [5, 5.41) is 17.8. The molecule has 3 rings (SSSR count). The normalized spacial score (nSPS) is 10.9. The molecule has 0 fully saturated rings. The predicted molar refractivity (Wildman–Crippen MR) is 110 cm³/mol. The molecule has 2 aromatic carbocycles. The van der Waals surface area contributed by atoms with Crippen molar-refractivity contribution in [3.05, 3.63) is 65.2 Å². The molecule has 1 aromatic heterocycles. The molecule has 0 saturated heterocycles. The minimum absolute atomic E-state index is 0.0248. The lowest BCUT2D eigenvalue weighted by Crippen LogP contribution is -2.15. The smallest absolute Gasteiger partial charge is 0.449 e. The molecule has 0 amide bonds. The second kappa shape index (κ2) is 7.95. The van der Waals surface area contributed by atoms with E-state index in [0.717, 1.165) is 16.9 Å². The summed E-state index contributed by atoms with van der Waals surface area (Å²) in [6, 6.07) is 15.1. The Morgan fingerprint density at radius 1 is 1.14 bits per heavy atom. The highest BCUT2D eigenvalue weighted by molar-refractivity contribution is 7.92. The molecule has 0 radical (unpaired) electrons. The van der Waals surface area contributed by atoms with Crippen molar-refractivity contribution in [2.75, 3.05) is 4.72 Å². The summed E-state index contributed by atoms with van der Waals surface area (Å²) < 4.78 is 32.9. The Morgan fingerprint density at radius 3 is 2.41 bits per heavy atom. The van der Waals surface area contributed by atoms with E-state index >= 15 is 0 Å². The molecule has 0 atom stereocenters. The monoisotopic (exact) mass is 428 g/mol. The Hall–Kier alpha value is -3.35. The van der Waals surface area contributed by atoms with Crippen molar-refractivity contribution < 1.29 is 23.1 Å². The van der Waals surface area contributed by atoms with Crippen LogP contribution in [0.3, 0.4) is 0 Å². The maximum atomic E-state index is 12.9. The summed E-state index contributed by atoms with van der Waals surface area (Å²) in [6.07, 6.45) is -1.55. The first-order valence-corrected chi connectivity index (χ1v) is 10.6. The van der Waals surface area contributed by atoms with Gasteiger partial charge < -0.3 is 9.84 Å². The number of hydrogen-bond donors (Lipinski definition) is 2. The number of carboxylic acid groups (broad SMARTS) is 1. The van der Waals surface area contributed by atoms with Gasteiger partial charge in [-0.25, -0.2) is 13.2 Å². The maximum Gasteiger partial charge on any atom is 0.512 e. The van der Waals surface area contributed by atoms with Crippen molar-refractivity contribution in [3.8, 4) is 21.6 Å². The summed E-state index contributed by atoms with van der Waals surface area (Å²) in [6.45, 7) is 3.55. The van der Waals surface area contributed by atoms with E-state index in [-0.39, 0.29) is 15.6 Å². The van der Waals surface area contributed by atoms with Crippen LogP contribution < -0.4 is 9.46 Å². The number of rotatable bonds is 5. The number of aryl methyl sites for hydroxylation is 2. The van der Waals surface area contributed by atoms with E-state index in [1.54, 1.807) is 43.3 Å². The van der Waals surface area contributed by atoms with Crippen LogP contribution in [0.1, 0.15) is 16.7 Å². The standard InChI is InChI=1S/C20H16N2O5S2/c1-12-3-8-18(13(2)9-12)29(25,26)22-16-10-17(28-19(16)27-20(23)24)15-6-4-14(11-21)5-7-15/h3-10,22H,1-2H3,(H,23,24). The molecular weight excluding hydrogens is 412 g/mol. The van der Waals surface area contributed by atoms with E-state index in [1.807, 2.05) is 13.0 Å². The van der Waals surface area contributed by atoms with Crippen LogP contribution in [0.15, 0.2) is 53.4 Å². The van der Waals surface area contributed by atoms with Crippen LogP contribution in [-0.4, -0.2) is 19.7 Å². The lowest BCUT2D eigenvalue weighted by atomic mass is 10.1. The molecule has 0 bridgehead atoms. The third-order valence-electron chi connectivity index (χ3n) is 4.04. The van der Waals surface area contributed by atoms with Crippen molar-refractivity contribution in [2.45, 2.75) is 18.7 Å². The number of sulfonamides is 1. The first kappa shape index (κ1) is 20.4. The van der Waals surface area contributed by atoms with Crippen LogP contribution in [0.5, 0.6) is 5.06 Å². The SMILES string of the molecule is Cc1ccc(S(=O)(=O)Nc2cc(-c3ccc(C#N)cc3)sc2OC(=O)O)c(C)c1. The van der Waals surface area contributed by atoms with Gasteiger partial charge >= 0.3 is 6.16 Å². The maximum absolute atomic E-state index is 12.9. The van der Waals surface area contributed by atoms with Gasteiger partial charge in [-0.3, -0.25) is 4.72 Å².